The predicted molar refractivity (Wildman–Crippen MR) is 88.2 cm³/mol. The van der Waals surface area contributed by atoms with Gasteiger partial charge in [0.2, 0.25) is 0 Å². The van der Waals surface area contributed by atoms with E-state index in [0.29, 0.717) is 13.1 Å². The molecule has 0 spiro atoms. The molecule has 0 fully saturated rings. The summed E-state index contributed by atoms with van der Waals surface area (Å²) in [7, 11) is 0. The summed E-state index contributed by atoms with van der Waals surface area (Å²) in [6.45, 7) is 0.620. The number of hydrogen-bond donors (Lipinski definition) is 3. The monoisotopic (exact) mass is 331 g/mol. The molecular weight excluding hydrogens is 314 g/mol. The van der Waals surface area contributed by atoms with E-state index >= 15 is 0 Å². The van der Waals surface area contributed by atoms with E-state index < -0.39 is 4.92 Å². The minimum absolute atomic E-state index is 0.0230. The number of para-hydroxylation sites is 2. The molecule has 2 aromatic carbocycles. The molecule has 8 nitrogen and oxygen atoms in total. The molecule has 0 aliphatic rings. The summed E-state index contributed by atoms with van der Waals surface area (Å²) in [4.78, 5) is 21.7. The summed E-state index contributed by atoms with van der Waals surface area (Å²) in [6, 6.07) is 12.4. The van der Waals surface area contributed by atoms with Gasteiger partial charge in [0.05, 0.1) is 4.92 Å². The van der Waals surface area contributed by atoms with Crippen LogP contribution >= 0.6 is 0 Å². The zero-order valence-corrected chi connectivity index (χ0v) is 12.8. The number of benzene rings is 2. The molecule has 0 radical (unpaired) electrons. The number of carbonyl (C=O) groups is 1. The van der Waals surface area contributed by atoms with E-state index in [0.717, 1.165) is 5.69 Å². The molecule has 0 aliphatic carbocycles. The lowest BCUT2D eigenvalue weighted by molar-refractivity contribution is -0.384. The van der Waals surface area contributed by atoms with Gasteiger partial charge < -0.3 is 20.5 Å². The molecule has 0 aromatic heterocycles. The first-order valence-corrected chi connectivity index (χ1v) is 7.22. The number of aromatic hydroxyl groups is 1. The number of amides is 1. The van der Waals surface area contributed by atoms with E-state index in [2.05, 4.69) is 10.6 Å². The van der Waals surface area contributed by atoms with Gasteiger partial charge in [0, 0.05) is 30.9 Å². The van der Waals surface area contributed by atoms with Crippen LogP contribution in [0.4, 0.5) is 11.4 Å². The molecule has 0 bridgehead atoms. The van der Waals surface area contributed by atoms with Crippen molar-refractivity contribution in [3.05, 3.63) is 58.6 Å². The smallest absolute Gasteiger partial charge is 0.269 e. The summed E-state index contributed by atoms with van der Waals surface area (Å²) in [5.41, 5.74) is 0.746. The van der Waals surface area contributed by atoms with Gasteiger partial charge in [-0.05, 0) is 24.3 Å². The molecule has 0 aliphatic heterocycles. The van der Waals surface area contributed by atoms with Crippen LogP contribution in [0.3, 0.4) is 0 Å². The molecule has 0 saturated carbocycles. The van der Waals surface area contributed by atoms with Crippen molar-refractivity contribution in [3.8, 4) is 11.5 Å². The summed E-state index contributed by atoms with van der Waals surface area (Å²) >= 11 is 0. The maximum Gasteiger partial charge on any atom is 0.269 e. The van der Waals surface area contributed by atoms with Crippen molar-refractivity contribution in [1.29, 1.82) is 0 Å². The molecule has 8 heteroatoms. The molecule has 0 saturated heterocycles. The molecular formula is C16H17N3O5. The molecule has 24 heavy (non-hydrogen) atoms. The van der Waals surface area contributed by atoms with Crippen LogP contribution in [0.5, 0.6) is 11.5 Å². The van der Waals surface area contributed by atoms with Gasteiger partial charge in [-0.25, -0.2) is 0 Å². The third kappa shape index (κ3) is 5.16. The number of phenolic OH excluding ortho intramolecular Hbond substituents is 1. The second kappa shape index (κ2) is 8.37. The van der Waals surface area contributed by atoms with E-state index in [1.165, 1.54) is 18.2 Å². The molecule has 3 N–H and O–H groups in total. The van der Waals surface area contributed by atoms with Gasteiger partial charge in [0.15, 0.2) is 18.1 Å². The van der Waals surface area contributed by atoms with Crippen LogP contribution in [0.15, 0.2) is 48.5 Å². The molecule has 0 atom stereocenters. The van der Waals surface area contributed by atoms with Gasteiger partial charge in [-0.1, -0.05) is 12.1 Å². The second-order valence-corrected chi connectivity index (χ2v) is 4.84. The van der Waals surface area contributed by atoms with E-state index in [9.17, 15) is 20.0 Å². The Morgan fingerprint density at radius 1 is 1.12 bits per heavy atom. The number of nitro groups is 1. The fraction of sp³-hybridized carbons (Fsp3) is 0.188. The number of nitrogens with one attached hydrogen (secondary N) is 2. The number of nitro benzene ring substituents is 1. The van der Waals surface area contributed by atoms with Crippen molar-refractivity contribution >= 4 is 17.3 Å². The minimum Gasteiger partial charge on any atom is -0.504 e. The van der Waals surface area contributed by atoms with Crippen molar-refractivity contribution in [1.82, 2.24) is 5.32 Å². The normalized spacial score (nSPS) is 10.0. The third-order valence-electron chi connectivity index (χ3n) is 3.08. The highest BCUT2D eigenvalue weighted by atomic mass is 16.6. The Bertz CT molecular complexity index is 703. The fourth-order valence-electron chi connectivity index (χ4n) is 1.88. The highest BCUT2D eigenvalue weighted by Gasteiger charge is 2.06. The van der Waals surface area contributed by atoms with Gasteiger partial charge in [0.1, 0.15) is 0 Å². The van der Waals surface area contributed by atoms with Crippen LogP contribution < -0.4 is 15.4 Å². The number of phenols is 1. The Labute approximate surface area is 138 Å². The van der Waals surface area contributed by atoms with Gasteiger partial charge >= 0.3 is 0 Å². The van der Waals surface area contributed by atoms with Crippen LogP contribution in [0.1, 0.15) is 0 Å². The van der Waals surface area contributed by atoms with Gasteiger partial charge in [0.25, 0.3) is 11.6 Å². The number of carbonyl (C=O) groups excluding carboxylic acids is 1. The van der Waals surface area contributed by atoms with Gasteiger partial charge in [-0.2, -0.15) is 0 Å². The molecule has 2 rings (SSSR count). The standard InChI is InChI=1S/C16H17N3O5/c20-14-3-1-2-4-15(14)24-11-16(21)18-10-9-17-12-5-7-13(8-6-12)19(22)23/h1-8,17,20H,9-11H2,(H,18,21). The fourth-order valence-corrected chi connectivity index (χ4v) is 1.88. The van der Waals surface area contributed by atoms with Crippen molar-refractivity contribution in [2.24, 2.45) is 0 Å². The maximum atomic E-state index is 11.6. The highest BCUT2D eigenvalue weighted by molar-refractivity contribution is 5.77. The van der Waals surface area contributed by atoms with Crippen molar-refractivity contribution in [2.75, 3.05) is 25.0 Å². The number of ether oxygens (including phenoxy) is 1. The summed E-state index contributed by atoms with van der Waals surface area (Å²) < 4.78 is 5.20. The van der Waals surface area contributed by atoms with Crippen molar-refractivity contribution in [2.45, 2.75) is 0 Å². The minimum atomic E-state index is -0.464. The third-order valence-corrected chi connectivity index (χ3v) is 3.08. The lowest BCUT2D eigenvalue weighted by Gasteiger charge is -2.09. The number of non-ortho nitro benzene ring substituents is 1. The Balaban J connectivity index is 1.65. The van der Waals surface area contributed by atoms with Crippen LogP contribution in [-0.4, -0.2) is 35.6 Å². The van der Waals surface area contributed by atoms with Crippen LogP contribution in [0, 0.1) is 10.1 Å². The highest BCUT2D eigenvalue weighted by Crippen LogP contribution is 2.23. The number of hydrogen-bond acceptors (Lipinski definition) is 6. The Kier molecular flexibility index (Phi) is 5.95. The topological polar surface area (TPSA) is 114 Å². The summed E-state index contributed by atoms with van der Waals surface area (Å²) in [5, 5.41) is 25.7. The maximum absolute atomic E-state index is 11.6. The Morgan fingerprint density at radius 2 is 1.83 bits per heavy atom. The Hall–Kier alpha value is -3.29. The van der Waals surface area contributed by atoms with E-state index in [1.807, 2.05) is 0 Å². The number of anilines is 1. The van der Waals surface area contributed by atoms with Crippen LogP contribution in [0.25, 0.3) is 0 Å². The summed E-state index contributed by atoms with van der Waals surface area (Å²) in [6.07, 6.45) is 0. The first-order valence-electron chi connectivity index (χ1n) is 7.22. The largest absolute Gasteiger partial charge is 0.504 e. The average molecular weight is 331 g/mol. The van der Waals surface area contributed by atoms with Crippen molar-refractivity contribution in [3.63, 3.8) is 0 Å². The average Bonchev–Trinajstić information content (AvgIpc) is 2.58. The quantitative estimate of drug-likeness (QED) is 0.387. The number of rotatable bonds is 8. The zero-order valence-electron chi connectivity index (χ0n) is 12.8. The zero-order chi connectivity index (χ0) is 17.4. The Morgan fingerprint density at radius 3 is 2.50 bits per heavy atom. The second-order valence-electron chi connectivity index (χ2n) is 4.84. The lowest BCUT2D eigenvalue weighted by Crippen LogP contribution is -2.32. The molecule has 0 heterocycles. The van der Waals surface area contributed by atoms with Crippen molar-refractivity contribution < 1.29 is 19.6 Å². The number of nitrogens with zero attached hydrogens (tertiary/aromatic N) is 1. The van der Waals surface area contributed by atoms with Crippen LogP contribution in [0.2, 0.25) is 0 Å². The van der Waals surface area contributed by atoms with Gasteiger partial charge in [-0.15, -0.1) is 0 Å². The van der Waals surface area contributed by atoms with Crippen LogP contribution in [-0.2, 0) is 4.79 Å². The molecule has 126 valence electrons. The summed E-state index contributed by atoms with van der Waals surface area (Å²) in [5.74, 6) is -0.0921. The molecule has 0 unspecified atom stereocenters. The predicted octanol–water partition coefficient (Wildman–Crippen LogP) is 1.91. The SMILES string of the molecule is O=C(COc1ccccc1O)NCCNc1ccc([N+](=O)[O-])cc1. The van der Waals surface area contributed by atoms with E-state index in [1.54, 1.807) is 30.3 Å². The van der Waals surface area contributed by atoms with Gasteiger partial charge in [-0.3, -0.25) is 14.9 Å². The lowest BCUT2D eigenvalue weighted by atomic mass is 10.3. The first-order chi connectivity index (χ1) is 11.6. The molecule has 1 amide bonds. The van der Waals surface area contributed by atoms with E-state index in [4.69, 9.17) is 4.74 Å². The van der Waals surface area contributed by atoms with E-state index in [-0.39, 0.29) is 29.7 Å². The first kappa shape index (κ1) is 17.1. The molecule has 2 aromatic rings.